The van der Waals surface area contributed by atoms with Gasteiger partial charge in [0.15, 0.2) is 6.61 Å². The lowest BCUT2D eigenvalue weighted by molar-refractivity contribution is -0.129. The number of rotatable bonds is 5. The topological polar surface area (TPSA) is 105 Å². The van der Waals surface area contributed by atoms with Gasteiger partial charge in [-0.3, -0.25) is 20.4 Å². The predicted octanol–water partition coefficient (Wildman–Crippen LogP) is 1.96. The first-order chi connectivity index (χ1) is 11.1. The molecule has 132 valence electrons. The number of ether oxygens (including phenoxy) is 1. The van der Waals surface area contributed by atoms with Crippen LogP contribution in [0, 0.1) is 0 Å². The average molecular weight is 336 g/mol. The van der Waals surface area contributed by atoms with Crippen LogP contribution in [0.3, 0.4) is 0 Å². The average Bonchev–Trinajstić information content (AvgIpc) is 2.50. The van der Waals surface area contributed by atoms with E-state index in [1.165, 1.54) is 6.92 Å². The molecular weight excluding hydrogens is 312 g/mol. The van der Waals surface area contributed by atoms with E-state index in [1.807, 2.05) is 33.8 Å². The van der Waals surface area contributed by atoms with E-state index in [0.29, 0.717) is 5.56 Å². The Hall–Kier alpha value is -2.57. The molecule has 0 saturated heterocycles. The molecule has 0 saturated carbocycles. The summed E-state index contributed by atoms with van der Waals surface area (Å²) in [6.07, 6.45) is 0. The SMILES string of the molecule is CC(=O)NNC(=O)COC(=O)c1cc(C(C)C)cc(C(C)C)c1O. The zero-order valence-corrected chi connectivity index (χ0v) is 14.6. The lowest BCUT2D eigenvalue weighted by atomic mass is 9.92. The summed E-state index contributed by atoms with van der Waals surface area (Å²) >= 11 is 0. The largest absolute Gasteiger partial charge is 0.507 e. The number of hydrogen-bond acceptors (Lipinski definition) is 5. The zero-order chi connectivity index (χ0) is 18.4. The summed E-state index contributed by atoms with van der Waals surface area (Å²) in [5, 5.41) is 10.3. The van der Waals surface area contributed by atoms with Gasteiger partial charge in [0.05, 0.1) is 0 Å². The van der Waals surface area contributed by atoms with E-state index in [0.717, 1.165) is 5.56 Å². The molecule has 0 heterocycles. The van der Waals surface area contributed by atoms with Crippen LogP contribution in [0.2, 0.25) is 0 Å². The highest BCUT2D eigenvalue weighted by atomic mass is 16.5. The van der Waals surface area contributed by atoms with Crippen LogP contribution in [-0.2, 0) is 14.3 Å². The summed E-state index contributed by atoms with van der Waals surface area (Å²) in [7, 11) is 0. The van der Waals surface area contributed by atoms with Crippen LogP contribution >= 0.6 is 0 Å². The van der Waals surface area contributed by atoms with Crippen molar-refractivity contribution < 1.29 is 24.2 Å². The van der Waals surface area contributed by atoms with E-state index in [4.69, 9.17) is 4.74 Å². The van der Waals surface area contributed by atoms with Crippen LogP contribution in [0.5, 0.6) is 5.75 Å². The van der Waals surface area contributed by atoms with Gasteiger partial charge in [-0.05, 0) is 29.0 Å². The highest BCUT2D eigenvalue weighted by Crippen LogP contribution is 2.33. The first kappa shape index (κ1) is 19.5. The molecule has 1 rings (SSSR count). The van der Waals surface area contributed by atoms with Crippen LogP contribution in [0.1, 0.15) is 67.9 Å². The first-order valence-electron chi connectivity index (χ1n) is 7.72. The van der Waals surface area contributed by atoms with Crippen LogP contribution in [-0.4, -0.2) is 29.5 Å². The van der Waals surface area contributed by atoms with Crippen LogP contribution < -0.4 is 10.9 Å². The summed E-state index contributed by atoms with van der Waals surface area (Å²) in [5.74, 6) is -1.87. The molecule has 0 aliphatic heterocycles. The zero-order valence-electron chi connectivity index (χ0n) is 14.6. The fourth-order valence-corrected chi connectivity index (χ4v) is 2.01. The van der Waals surface area contributed by atoms with Crippen molar-refractivity contribution >= 4 is 17.8 Å². The summed E-state index contributed by atoms with van der Waals surface area (Å²) in [5.41, 5.74) is 5.74. The molecule has 0 unspecified atom stereocenters. The maximum atomic E-state index is 12.2. The standard InChI is InChI=1S/C17H24N2O5/c1-9(2)12-6-13(10(3)4)16(22)14(7-12)17(23)24-8-15(21)19-18-11(5)20/h6-7,9-10,22H,8H2,1-5H3,(H,18,20)(H,19,21). The molecule has 3 N–H and O–H groups in total. The fourth-order valence-electron chi connectivity index (χ4n) is 2.01. The number of hydrazine groups is 1. The van der Waals surface area contributed by atoms with E-state index in [2.05, 4.69) is 10.9 Å². The second kappa shape index (κ2) is 8.33. The van der Waals surface area contributed by atoms with Gasteiger partial charge in [-0.15, -0.1) is 0 Å². The maximum Gasteiger partial charge on any atom is 0.342 e. The summed E-state index contributed by atoms with van der Waals surface area (Å²) in [6.45, 7) is 8.44. The van der Waals surface area contributed by atoms with Crippen LogP contribution in [0.15, 0.2) is 12.1 Å². The molecule has 0 spiro atoms. The Balaban J connectivity index is 2.93. The molecule has 1 aromatic rings. The van der Waals surface area contributed by atoms with Crippen LogP contribution in [0.4, 0.5) is 0 Å². The second-order valence-electron chi connectivity index (χ2n) is 6.12. The summed E-state index contributed by atoms with van der Waals surface area (Å²) in [6, 6.07) is 3.44. The number of amides is 2. The van der Waals surface area contributed by atoms with E-state index in [1.54, 1.807) is 6.07 Å². The molecule has 0 aromatic heterocycles. The van der Waals surface area contributed by atoms with Gasteiger partial charge in [-0.25, -0.2) is 4.79 Å². The lowest BCUT2D eigenvalue weighted by Gasteiger charge is -2.16. The van der Waals surface area contributed by atoms with E-state index in [9.17, 15) is 19.5 Å². The van der Waals surface area contributed by atoms with Gasteiger partial charge >= 0.3 is 5.97 Å². The molecule has 0 fully saturated rings. The lowest BCUT2D eigenvalue weighted by Crippen LogP contribution is -2.42. The van der Waals surface area contributed by atoms with Crippen molar-refractivity contribution in [1.29, 1.82) is 0 Å². The van der Waals surface area contributed by atoms with Gasteiger partial charge in [0, 0.05) is 6.92 Å². The molecule has 24 heavy (non-hydrogen) atoms. The third-order valence-corrected chi connectivity index (χ3v) is 3.38. The Bertz CT molecular complexity index is 638. The summed E-state index contributed by atoms with van der Waals surface area (Å²) in [4.78, 5) is 34.3. The molecule has 7 nitrogen and oxygen atoms in total. The van der Waals surface area contributed by atoms with E-state index in [-0.39, 0.29) is 23.1 Å². The fraction of sp³-hybridized carbons (Fsp3) is 0.471. The number of carbonyl (C=O) groups is 3. The Morgan fingerprint density at radius 3 is 2.21 bits per heavy atom. The number of nitrogens with one attached hydrogen (secondary N) is 2. The smallest absolute Gasteiger partial charge is 0.342 e. The third-order valence-electron chi connectivity index (χ3n) is 3.38. The van der Waals surface area contributed by atoms with Crippen molar-refractivity contribution in [2.24, 2.45) is 0 Å². The monoisotopic (exact) mass is 336 g/mol. The molecule has 1 aromatic carbocycles. The number of phenols is 1. The molecule has 0 radical (unpaired) electrons. The van der Waals surface area contributed by atoms with Crippen molar-refractivity contribution in [3.05, 3.63) is 28.8 Å². The molecule has 0 bridgehead atoms. The number of carbonyl (C=O) groups excluding carboxylic acids is 3. The molecule has 2 amide bonds. The van der Waals surface area contributed by atoms with Crippen molar-refractivity contribution in [3.8, 4) is 5.75 Å². The van der Waals surface area contributed by atoms with Crippen molar-refractivity contribution in [2.45, 2.75) is 46.5 Å². The Morgan fingerprint density at radius 2 is 1.71 bits per heavy atom. The third kappa shape index (κ3) is 5.26. The van der Waals surface area contributed by atoms with Gasteiger partial charge in [0.1, 0.15) is 11.3 Å². The van der Waals surface area contributed by atoms with Crippen molar-refractivity contribution in [1.82, 2.24) is 10.9 Å². The Morgan fingerprint density at radius 1 is 1.08 bits per heavy atom. The van der Waals surface area contributed by atoms with Gasteiger partial charge in [0.2, 0.25) is 5.91 Å². The predicted molar refractivity (Wildman–Crippen MR) is 88.5 cm³/mol. The first-order valence-corrected chi connectivity index (χ1v) is 7.72. The number of aromatic hydroxyl groups is 1. The van der Waals surface area contributed by atoms with Crippen molar-refractivity contribution in [3.63, 3.8) is 0 Å². The van der Waals surface area contributed by atoms with Gasteiger partial charge in [0.25, 0.3) is 5.91 Å². The number of phenolic OH excluding ortho intramolecular Hbond substituents is 1. The molecular formula is C17H24N2O5. The van der Waals surface area contributed by atoms with Gasteiger partial charge < -0.3 is 9.84 Å². The van der Waals surface area contributed by atoms with E-state index >= 15 is 0 Å². The van der Waals surface area contributed by atoms with E-state index < -0.39 is 24.4 Å². The molecule has 0 atom stereocenters. The minimum absolute atomic E-state index is 0.0252. The minimum atomic E-state index is -0.796. The van der Waals surface area contributed by atoms with Gasteiger partial charge in [-0.1, -0.05) is 33.8 Å². The molecule has 0 aliphatic carbocycles. The Kier molecular flexibility index (Phi) is 6.76. The number of benzene rings is 1. The maximum absolute atomic E-state index is 12.2. The highest BCUT2D eigenvalue weighted by molar-refractivity contribution is 5.94. The number of hydrogen-bond donors (Lipinski definition) is 3. The highest BCUT2D eigenvalue weighted by Gasteiger charge is 2.21. The van der Waals surface area contributed by atoms with Gasteiger partial charge in [-0.2, -0.15) is 0 Å². The van der Waals surface area contributed by atoms with Crippen LogP contribution in [0.25, 0.3) is 0 Å². The molecule has 7 heteroatoms. The molecule has 0 aliphatic rings. The normalized spacial score (nSPS) is 10.6. The second-order valence-corrected chi connectivity index (χ2v) is 6.12. The van der Waals surface area contributed by atoms with Crippen molar-refractivity contribution in [2.75, 3.05) is 6.61 Å². The quantitative estimate of drug-likeness (QED) is 0.563. The number of esters is 1. The summed E-state index contributed by atoms with van der Waals surface area (Å²) < 4.78 is 4.91. The minimum Gasteiger partial charge on any atom is -0.507 e. The Labute approximate surface area is 141 Å².